The summed E-state index contributed by atoms with van der Waals surface area (Å²) in [6, 6.07) is -1.20. The van der Waals surface area contributed by atoms with Crippen molar-refractivity contribution in [1.29, 1.82) is 0 Å². The van der Waals surface area contributed by atoms with Crippen molar-refractivity contribution in [3.8, 4) is 12.3 Å². The molecule has 3 atom stereocenters. The third kappa shape index (κ3) is 3.33. The number of terminal acetylenes is 1. The summed E-state index contributed by atoms with van der Waals surface area (Å²) in [7, 11) is 0. The normalized spacial score (nSPS) is 24.4. The molecule has 0 spiro atoms. The largest absolute Gasteiger partial charge is 0.480 e. The van der Waals surface area contributed by atoms with Gasteiger partial charge in [-0.1, -0.05) is 6.92 Å². The highest BCUT2D eigenvalue weighted by Crippen LogP contribution is 2.28. The van der Waals surface area contributed by atoms with Gasteiger partial charge in [0.05, 0.1) is 5.37 Å². The smallest absolute Gasteiger partial charge is 0.327 e. The van der Waals surface area contributed by atoms with E-state index >= 15 is 0 Å². The molecule has 100 valence electrons. The van der Waals surface area contributed by atoms with Crippen LogP contribution in [0.25, 0.3) is 0 Å². The SMILES string of the molecule is C#CCC(CC)NC(=O)N1C(C)SCC1C(=O)O. The molecule has 0 aromatic rings. The number of rotatable bonds is 4. The average molecular weight is 270 g/mol. The molecule has 1 aliphatic heterocycles. The van der Waals surface area contributed by atoms with Crippen molar-refractivity contribution in [3.63, 3.8) is 0 Å². The summed E-state index contributed by atoms with van der Waals surface area (Å²) >= 11 is 1.46. The van der Waals surface area contributed by atoms with Crippen LogP contribution in [0, 0.1) is 12.3 Å². The Kier molecular flexibility index (Phi) is 5.35. The van der Waals surface area contributed by atoms with Crippen molar-refractivity contribution in [2.75, 3.05) is 5.75 Å². The number of hydrogen-bond donors (Lipinski definition) is 2. The van der Waals surface area contributed by atoms with E-state index in [-0.39, 0.29) is 17.4 Å². The van der Waals surface area contributed by atoms with Gasteiger partial charge in [0.2, 0.25) is 0 Å². The van der Waals surface area contributed by atoms with Gasteiger partial charge in [-0.05, 0) is 13.3 Å². The predicted molar refractivity (Wildman–Crippen MR) is 71.2 cm³/mol. The van der Waals surface area contributed by atoms with Crippen LogP contribution in [0.5, 0.6) is 0 Å². The first-order chi connectivity index (χ1) is 8.51. The number of carbonyl (C=O) groups excluding carboxylic acids is 1. The zero-order valence-corrected chi connectivity index (χ0v) is 11.4. The molecule has 0 saturated carbocycles. The lowest BCUT2D eigenvalue weighted by Crippen LogP contribution is -2.51. The predicted octanol–water partition coefficient (Wildman–Crippen LogP) is 1.35. The number of nitrogens with zero attached hydrogens (tertiary/aromatic N) is 1. The number of aliphatic carboxylic acids is 1. The summed E-state index contributed by atoms with van der Waals surface area (Å²) < 4.78 is 0. The van der Waals surface area contributed by atoms with E-state index in [9.17, 15) is 9.59 Å². The van der Waals surface area contributed by atoms with Gasteiger partial charge in [0, 0.05) is 18.2 Å². The Hall–Kier alpha value is -1.35. The lowest BCUT2D eigenvalue weighted by atomic mass is 10.1. The fraction of sp³-hybridized carbons (Fsp3) is 0.667. The first-order valence-corrected chi connectivity index (χ1v) is 6.92. The van der Waals surface area contributed by atoms with E-state index in [1.54, 1.807) is 0 Å². The van der Waals surface area contributed by atoms with Crippen molar-refractivity contribution in [2.24, 2.45) is 0 Å². The maximum Gasteiger partial charge on any atom is 0.327 e. The molecule has 5 nitrogen and oxygen atoms in total. The van der Waals surface area contributed by atoms with Crippen molar-refractivity contribution in [1.82, 2.24) is 10.2 Å². The summed E-state index contributed by atoms with van der Waals surface area (Å²) in [6.07, 6.45) is 6.40. The number of carbonyl (C=O) groups is 2. The first-order valence-electron chi connectivity index (χ1n) is 5.88. The fourth-order valence-electron chi connectivity index (χ4n) is 1.83. The molecule has 1 rings (SSSR count). The molecular formula is C12H18N2O3S. The zero-order valence-electron chi connectivity index (χ0n) is 10.5. The van der Waals surface area contributed by atoms with Crippen LogP contribution in [-0.4, -0.2) is 45.2 Å². The van der Waals surface area contributed by atoms with E-state index in [1.807, 2.05) is 13.8 Å². The summed E-state index contributed by atoms with van der Waals surface area (Å²) in [6.45, 7) is 3.76. The van der Waals surface area contributed by atoms with Crippen LogP contribution in [0.2, 0.25) is 0 Å². The lowest BCUT2D eigenvalue weighted by Gasteiger charge is -2.27. The van der Waals surface area contributed by atoms with E-state index in [0.717, 1.165) is 6.42 Å². The number of carboxylic acids is 1. The zero-order chi connectivity index (χ0) is 13.7. The van der Waals surface area contributed by atoms with Gasteiger partial charge >= 0.3 is 12.0 Å². The van der Waals surface area contributed by atoms with Gasteiger partial charge in [-0.15, -0.1) is 24.1 Å². The molecule has 1 fully saturated rings. The average Bonchev–Trinajstić information content (AvgIpc) is 2.70. The van der Waals surface area contributed by atoms with Crippen LogP contribution >= 0.6 is 11.8 Å². The Morgan fingerprint density at radius 2 is 2.33 bits per heavy atom. The highest BCUT2D eigenvalue weighted by atomic mass is 32.2. The summed E-state index contributed by atoms with van der Waals surface area (Å²) in [5.74, 6) is 1.97. The van der Waals surface area contributed by atoms with Crippen LogP contribution < -0.4 is 5.32 Å². The van der Waals surface area contributed by atoms with E-state index in [0.29, 0.717) is 12.2 Å². The second-order valence-electron chi connectivity index (χ2n) is 4.16. The molecule has 6 heteroatoms. The molecule has 1 heterocycles. The Labute approximate surface area is 111 Å². The standard InChI is InChI=1S/C12H18N2O3S/c1-4-6-9(5-2)13-12(17)14-8(3)18-7-10(14)11(15)16/h1,8-10H,5-7H2,2-3H3,(H,13,17)(H,15,16). The summed E-state index contributed by atoms with van der Waals surface area (Å²) in [5.41, 5.74) is 0. The van der Waals surface area contributed by atoms with Crippen molar-refractivity contribution >= 4 is 23.8 Å². The fourth-order valence-corrected chi connectivity index (χ4v) is 3.00. The molecule has 18 heavy (non-hydrogen) atoms. The monoisotopic (exact) mass is 270 g/mol. The number of urea groups is 1. The minimum absolute atomic E-state index is 0.102. The minimum atomic E-state index is -0.966. The summed E-state index contributed by atoms with van der Waals surface area (Å²) in [5, 5.41) is 11.7. The molecule has 0 aromatic carbocycles. The van der Waals surface area contributed by atoms with E-state index in [1.165, 1.54) is 16.7 Å². The van der Waals surface area contributed by atoms with Gasteiger partial charge in [0.15, 0.2) is 0 Å². The molecule has 3 unspecified atom stereocenters. The van der Waals surface area contributed by atoms with Gasteiger partial charge in [0.25, 0.3) is 0 Å². The van der Waals surface area contributed by atoms with Crippen molar-refractivity contribution in [3.05, 3.63) is 0 Å². The van der Waals surface area contributed by atoms with Gasteiger partial charge in [-0.2, -0.15) is 0 Å². The Balaban J connectivity index is 2.69. The molecule has 2 N–H and O–H groups in total. The minimum Gasteiger partial charge on any atom is -0.480 e. The quantitative estimate of drug-likeness (QED) is 0.757. The Bertz CT molecular complexity index is 367. The van der Waals surface area contributed by atoms with Crippen LogP contribution in [0.4, 0.5) is 4.79 Å². The van der Waals surface area contributed by atoms with E-state index in [4.69, 9.17) is 11.5 Å². The van der Waals surface area contributed by atoms with Gasteiger partial charge < -0.3 is 10.4 Å². The number of thioether (sulfide) groups is 1. The highest BCUT2D eigenvalue weighted by Gasteiger charge is 2.39. The van der Waals surface area contributed by atoms with Crippen LogP contribution in [-0.2, 0) is 4.79 Å². The van der Waals surface area contributed by atoms with E-state index < -0.39 is 12.0 Å². The van der Waals surface area contributed by atoms with Crippen LogP contribution in [0.1, 0.15) is 26.7 Å². The number of carboxylic acid groups (broad SMARTS) is 1. The van der Waals surface area contributed by atoms with Crippen molar-refractivity contribution < 1.29 is 14.7 Å². The maximum absolute atomic E-state index is 12.1. The van der Waals surface area contributed by atoms with Crippen molar-refractivity contribution in [2.45, 2.75) is 44.1 Å². The number of hydrogen-bond acceptors (Lipinski definition) is 3. The molecule has 0 radical (unpaired) electrons. The Morgan fingerprint density at radius 1 is 1.67 bits per heavy atom. The van der Waals surface area contributed by atoms with Crippen LogP contribution in [0.15, 0.2) is 0 Å². The molecular weight excluding hydrogens is 252 g/mol. The molecule has 0 aliphatic carbocycles. The van der Waals surface area contributed by atoms with Gasteiger partial charge in [0.1, 0.15) is 6.04 Å². The lowest BCUT2D eigenvalue weighted by molar-refractivity contribution is -0.141. The highest BCUT2D eigenvalue weighted by molar-refractivity contribution is 8.00. The third-order valence-electron chi connectivity index (χ3n) is 2.93. The number of amides is 2. The van der Waals surface area contributed by atoms with Gasteiger partial charge in [-0.25, -0.2) is 9.59 Å². The third-order valence-corrected chi connectivity index (χ3v) is 4.14. The Morgan fingerprint density at radius 3 is 2.83 bits per heavy atom. The van der Waals surface area contributed by atoms with Crippen LogP contribution in [0.3, 0.4) is 0 Å². The molecule has 1 saturated heterocycles. The topological polar surface area (TPSA) is 69.6 Å². The number of nitrogens with one attached hydrogen (secondary N) is 1. The second kappa shape index (κ2) is 6.55. The summed E-state index contributed by atoms with van der Waals surface area (Å²) in [4.78, 5) is 24.5. The molecule has 1 aliphatic rings. The second-order valence-corrected chi connectivity index (χ2v) is 5.51. The maximum atomic E-state index is 12.1. The first kappa shape index (κ1) is 14.7. The van der Waals surface area contributed by atoms with Gasteiger partial charge in [-0.3, -0.25) is 4.90 Å². The molecule has 0 bridgehead atoms. The molecule has 2 amide bonds. The molecule has 0 aromatic heterocycles. The van der Waals surface area contributed by atoms with E-state index in [2.05, 4.69) is 11.2 Å².